The molecule has 1 aromatic heterocycles. The number of hydrogen-bond acceptors (Lipinski definition) is 6. The van der Waals surface area contributed by atoms with E-state index in [1.165, 1.54) is 14.2 Å². The first-order valence-corrected chi connectivity index (χ1v) is 6.62. The maximum absolute atomic E-state index is 11.7. The lowest BCUT2D eigenvalue weighted by Gasteiger charge is -2.12. The Morgan fingerprint density at radius 1 is 1.27 bits per heavy atom. The lowest BCUT2D eigenvalue weighted by molar-refractivity contribution is 0.0537. The number of ether oxygens (including phenoxy) is 2. The minimum absolute atomic E-state index is 0.307. The average molecular weight is 306 g/mol. The molecule has 0 spiro atoms. The van der Waals surface area contributed by atoms with Gasteiger partial charge in [-0.25, -0.2) is 5.48 Å². The van der Waals surface area contributed by atoms with Crippen LogP contribution in [0.15, 0.2) is 22.7 Å². The van der Waals surface area contributed by atoms with Crippen LogP contribution in [-0.2, 0) is 11.4 Å². The van der Waals surface area contributed by atoms with Crippen LogP contribution in [0.3, 0.4) is 0 Å². The Morgan fingerprint density at radius 3 is 2.64 bits per heavy atom. The van der Waals surface area contributed by atoms with E-state index in [2.05, 4.69) is 15.5 Å². The number of nitrogens with zero attached hydrogens (tertiary/aromatic N) is 1. The van der Waals surface area contributed by atoms with Crippen LogP contribution in [0.4, 0.5) is 0 Å². The van der Waals surface area contributed by atoms with Crippen molar-refractivity contribution in [2.24, 2.45) is 0 Å². The number of benzene rings is 1. The van der Waals surface area contributed by atoms with Crippen molar-refractivity contribution >= 4 is 5.91 Å². The van der Waals surface area contributed by atoms with Gasteiger partial charge in [0.2, 0.25) is 0 Å². The summed E-state index contributed by atoms with van der Waals surface area (Å²) < 4.78 is 16.1. The molecule has 7 heteroatoms. The molecule has 0 aliphatic rings. The largest absolute Gasteiger partial charge is 0.493 e. The number of rotatable bonds is 6. The molecule has 0 saturated heterocycles. The van der Waals surface area contributed by atoms with Gasteiger partial charge in [0.25, 0.3) is 5.91 Å². The van der Waals surface area contributed by atoms with Crippen molar-refractivity contribution in [1.82, 2.24) is 10.6 Å². The van der Waals surface area contributed by atoms with Crippen molar-refractivity contribution in [2.75, 3.05) is 14.2 Å². The number of amides is 1. The molecule has 0 radical (unpaired) electrons. The number of aryl methyl sites for hydroxylation is 2. The second-order valence-electron chi connectivity index (χ2n) is 4.59. The fraction of sp³-hybridized carbons (Fsp3) is 0.333. The van der Waals surface area contributed by atoms with Crippen LogP contribution in [0.1, 0.15) is 27.4 Å². The Kier molecular flexibility index (Phi) is 5.00. The zero-order chi connectivity index (χ0) is 16.1. The summed E-state index contributed by atoms with van der Waals surface area (Å²) in [4.78, 5) is 16.3. The third-order valence-corrected chi connectivity index (χ3v) is 3.17. The van der Waals surface area contributed by atoms with E-state index in [4.69, 9.17) is 14.0 Å². The van der Waals surface area contributed by atoms with Crippen molar-refractivity contribution in [3.8, 4) is 11.5 Å². The van der Waals surface area contributed by atoms with Crippen molar-refractivity contribution in [2.45, 2.75) is 20.5 Å². The maximum atomic E-state index is 11.7. The average Bonchev–Trinajstić information content (AvgIpc) is 2.84. The topological polar surface area (TPSA) is 82.8 Å². The summed E-state index contributed by atoms with van der Waals surface area (Å²) in [6.45, 7) is 3.99. The van der Waals surface area contributed by atoms with Crippen molar-refractivity contribution < 1.29 is 23.6 Å². The highest BCUT2D eigenvalue weighted by molar-refractivity contribution is 5.94. The molecular formula is C15H18N2O5. The molecule has 118 valence electrons. The van der Waals surface area contributed by atoms with E-state index >= 15 is 0 Å². The first-order valence-electron chi connectivity index (χ1n) is 6.62. The normalized spacial score (nSPS) is 10.4. The number of methoxy groups -OCH3 is 1. The second-order valence-corrected chi connectivity index (χ2v) is 4.59. The minimum Gasteiger partial charge on any atom is -0.493 e. The zero-order valence-electron chi connectivity index (χ0n) is 12.9. The highest BCUT2D eigenvalue weighted by Crippen LogP contribution is 2.29. The number of carbonyl (C=O) groups is 1. The molecule has 2 aromatic rings. The van der Waals surface area contributed by atoms with Crippen LogP contribution in [0.5, 0.6) is 11.5 Å². The van der Waals surface area contributed by atoms with E-state index in [1.54, 1.807) is 18.2 Å². The van der Waals surface area contributed by atoms with E-state index < -0.39 is 0 Å². The predicted molar refractivity (Wildman–Crippen MR) is 77.8 cm³/mol. The number of carbonyl (C=O) groups excluding carboxylic acids is 1. The monoisotopic (exact) mass is 306 g/mol. The molecule has 0 saturated carbocycles. The van der Waals surface area contributed by atoms with Gasteiger partial charge in [-0.1, -0.05) is 5.16 Å². The van der Waals surface area contributed by atoms with Crippen LogP contribution < -0.4 is 15.0 Å². The molecule has 2 rings (SSSR count). The molecule has 1 N–H and O–H groups in total. The minimum atomic E-state index is -0.363. The summed E-state index contributed by atoms with van der Waals surface area (Å²) in [6.07, 6.45) is 0. The number of hydroxylamine groups is 1. The van der Waals surface area contributed by atoms with E-state index in [9.17, 15) is 4.79 Å². The molecule has 0 aliphatic heterocycles. The highest BCUT2D eigenvalue weighted by Gasteiger charge is 2.14. The number of nitrogens with one attached hydrogen (secondary N) is 1. The standard InChI is InChI=1S/C15H18N2O5/c1-9-12(10(2)22-16-9)8-21-13-6-5-11(7-14(13)19-3)15(18)17-20-4/h5-7H,8H2,1-4H3,(H,17,18). The van der Waals surface area contributed by atoms with Crippen molar-refractivity contribution in [3.63, 3.8) is 0 Å². The summed E-state index contributed by atoms with van der Waals surface area (Å²) in [5, 5.41) is 3.88. The molecule has 22 heavy (non-hydrogen) atoms. The molecule has 0 atom stereocenters. The second kappa shape index (κ2) is 6.95. The molecule has 0 fully saturated rings. The third kappa shape index (κ3) is 3.37. The number of hydrogen-bond donors (Lipinski definition) is 1. The van der Waals surface area contributed by atoms with Crippen LogP contribution in [-0.4, -0.2) is 25.3 Å². The molecule has 0 aliphatic carbocycles. The first kappa shape index (κ1) is 15.8. The fourth-order valence-electron chi connectivity index (χ4n) is 1.94. The summed E-state index contributed by atoms with van der Waals surface area (Å²) >= 11 is 0. The molecule has 1 heterocycles. The van der Waals surface area contributed by atoms with Gasteiger partial charge in [-0.05, 0) is 32.0 Å². The molecule has 0 unspecified atom stereocenters. The van der Waals surface area contributed by atoms with Gasteiger partial charge >= 0.3 is 0 Å². The van der Waals surface area contributed by atoms with Gasteiger partial charge in [-0.3, -0.25) is 9.63 Å². The SMILES string of the molecule is CONC(=O)c1ccc(OCc2c(C)noc2C)c(OC)c1. The van der Waals surface area contributed by atoms with E-state index in [0.717, 1.165) is 11.3 Å². The molecule has 7 nitrogen and oxygen atoms in total. The van der Waals surface area contributed by atoms with E-state index in [0.29, 0.717) is 29.4 Å². The Morgan fingerprint density at radius 2 is 2.05 bits per heavy atom. The van der Waals surface area contributed by atoms with Gasteiger partial charge in [0.05, 0.1) is 25.5 Å². The Bertz CT molecular complexity index is 646. The lowest BCUT2D eigenvalue weighted by Crippen LogP contribution is -2.21. The first-order chi connectivity index (χ1) is 10.6. The van der Waals surface area contributed by atoms with Crippen LogP contribution in [0.25, 0.3) is 0 Å². The van der Waals surface area contributed by atoms with Gasteiger partial charge in [-0.2, -0.15) is 0 Å². The molecule has 1 amide bonds. The Labute approximate surface area is 128 Å². The van der Waals surface area contributed by atoms with Crippen LogP contribution in [0, 0.1) is 13.8 Å². The predicted octanol–water partition coefficient (Wildman–Crippen LogP) is 2.17. The third-order valence-electron chi connectivity index (χ3n) is 3.17. The van der Waals surface area contributed by atoms with Crippen molar-refractivity contribution in [3.05, 3.63) is 40.8 Å². The lowest BCUT2D eigenvalue weighted by atomic mass is 10.2. The number of aromatic nitrogens is 1. The summed E-state index contributed by atoms with van der Waals surface area (Å²) in [7, 11) is 2.88. The summed E-state index contributed by atoms with van der Waals surface area (Å²) in [6, 6.07) is 4.87. The molecule has 0 bridgehead atoms. The fourth-order valence-corrected chi connectivity index (χ4v) is 1.94. The zero-order valence-corrected chi connectivity index (χ0v) is 12.9. The van der Waals surface area contributed by atoms with Crippen LogP contribution >= 0.6 is 0 Å². The molecular weight excluding hydrogens is 288 g/mol. The van der Waals surface area contributed by atoms with Gasteiger partial charge < -0.3 is 14.0 Å². The quantitative estimate of drug-likeness (QED) is 0.824. The maximum Gasteiger partial charge on any atom is 0.274 e. The van der Waals surface area contributed by atoms with Gasteiger partial charge in [0.15, 0.2) is 11.5 Å². The summed E-state index contributed by atoms with van der Waals surface area (Å²) in [5.74, 6) is 1.33. The van der Waals surface area contributed by atoms with Gasteiger partial charge in [0, 0.05) is 5.56 Å². The van der Waals surface area contributed by atoms with E-state index in [1.807, 2.05) is 13.8 Å². The Balaban J connectivity index is 2.16. The Hall–Kier alpha value is -2.54. The smallest absolute Gasteiger partial charge is 0.274 e. The van der Waals surface area contributed by atoms with E-state index in [-0.39, 0.29) is 5.91 Å². The summed E-state index contributed by atoms with van der Waals surface area (Å²) in [5.41, 5.74) is 4.33. The van der Waals surface area contributed by atoms with Crippen LogP contribution in [0.2, 0.25) is 0 Å². The van der Waals surface area contributed by atoms with Crippen molar-refractivity contribution in [1.29, 1.82) is 0 Å². The van der Waals surface area contributed by atoms with Gasteiger partial charge in [-0.15, -0.1) is 0 Å². The molecule has 1 aromatic carbocycles. The highest BCUT2D eigenvalue weighted by atomic mass is 16.6. The van der Waals surface area contributed by atoms with Gasteiger partial charge in [0.1, 0.15) is 12.4 Å².